The second-order valence-electron chi connectivity index (χ2n) is 4.25. The van der Waals surface area contributed by atoms with Crippen molar-refractivity contribution in [2.75, 3.05) is 7.11 Å². The quantitative estimate of drug-likeness (QED) is 0.851. The van der Waals surface area contributed by atoms with Crippen LogP contribution in [0, 0.1) is 0 Å². The molecule has 0 aliphatic heterocycles. The molecular weight excluding hydrogens is 214 g/mol. The molecule has 0 amide bonds. The number of rotatable bonds is 3. The maximum absolute atomic E-state index is 10.1. The summed E-state index contributed by atoms with van der Waals surface area (Å²) in [5.41, 5.74) is 6.47. The highest BCUT2D eigenvalue weighted by Crippen LogP contribution is 2.31. The largest absolute Gasteiger partial charge is 0.496 e. The van der Waals surface area contributed by atoms with Gasteiger partial charge < -0.3 is 15.6 Å². The van der Waals surface area contributed by atoms with E-state index in [4.69, 9.17) is 10.5 Å². The van der Waals surface area contributed by atoms with Crippen molar-refractivity contribution in [3.63, 3.8) is 0 Å². The van der Waals surface area contributed by atoms with Gasteiger partial charge in [-0.3, -0.25) is 0 Å². The Morgan fingerprint density at radius 3 is 2.29 bits per heavy atom. The maximum Gasteiger partial charge on any atom is 0.125 e. The Hall–Kier alpha value is -1.58. The molecule has 0 radical (unpaired) electrons. The SMILES string of the molecule is COc1cc2ccccc2cc1[C@@H](O)[C@H](C)N. The van der Waals surface area contributed by atoms with Gasteiger partial charge in [-0.15, -0.1) is 0 Å². The zero-order chi connectivity index (χ0) is 12.4. The van der Waals surface area contributed by atoms with Crippen molar-refractivity contribution in [3.05, 3.63) is 42.0 Å². The summed E-state index contributed by atoms with van der Waals surface area (Å²) in [6.07, 6.45) is -0.713. The average molecular weight is 231 g/mol. The van der Waals surface area contributed by atoms with Crippen molar-refractivity contribution in [2.24, 2.45) is 5.73 Å². The van der Waals surface area contributed by atoms with Gasteiger partial charge >= 0.3 is 0 Å². The summed E-state index contributed by atoms with van der Waals surface area (Å²) in [4.78, 5) is 0. The molecule has 2 atom stereocenters. The van der Waals surface area contributed by atoms with Crippen LogP contribution in [0.2, 0.25) is 0 Å². The van der Waals surface area contributed by atoms with E-state index in [0.29, 0.717) is 5.75 Å². The molecule has 3 nitrogen and oxygen atoms in total. The summed E-state index contributed by atoms with van der Waals surface area (Å²) in [6.45, 7) is 1.78. The molecule has 3 N–H and O–H groups in total. The summed E-state index contributed by atoms with van der Waals surface area (Å²) < 4.78 is 5.31. The number of hydrogen-bond acceptors (Lipinski definition) is 3. The molecule has 17 heavy (non-hydrogen) atoms. The van der Waals surface area contributed by atoms with E-state index in [2.05, 4.69) is 0 Å². The summed E-state index contributed by atoms with van der Waals surface area (Å²) >= 11 is 0. The zero-order valence-corrected chi connectivity index (χ0v) is 10.1. The topological polar surface area (TPSA) is 55.5 Å². The Kier molecular flexibility index (Phi) is 3.31. The van der Waals surface area contributed by atoms with Gasteiger partial charge in [0.2, 0.25) is 0 Å². The minimum Gasteiger partial charge on any atom is -0.496 e. The van der Waals surface area contributed by atoms with Crippen LogP contribution in [0.1, 0.15) is 18.6 Å². The number of nitrogens with two attached hydrogens (primary N) is 1. The van der Waals surface area contributed by atoms with Gasteiger partial charge in [0.1, 0.15) is 5.75 Å². The molecule has 90 valence electrons. The van der Waals surface area contributed by atoms with E-state index in [1.165, 1.54) is 0 Å². The van der Waals surface area contributed by atoms with E-state index in [1.807, 2.05) is 36.4 Å². The maximum atomic E-state index is 10.1. The summed E-state index contributed by atoms with van der Waals surface area (Å²) in [7, 11) is 1.60. The minimum atomic E-state index is -0.713. The van der Waals surface area contributed by atoms with E-state index in [9.17, 15) is 5.11 Å². The lowest BCUT2D eigenvalue weighted by Crippen LogP contribution is -2.24. The Morgan fingerprint density at radius 1 is 1.18 bits per heavy atom. The lowest BCUT2D eigenvalue weighted by molar-refractivity contribution is 0.149. The first kappa shape index (κ1) is 11.9. The van der Waals surface area contributed by atoms with Gasteiger partial charge in [0, 0.05) is 11.6 Å². The molecule has 0 saturated heterocycles. The van der Waals surface area contributed by atoms with Crippen LogP contribution in [-0.2, 0) is 0 Å². The van der Waals surface area contributed by atoms with E-state index in [0.717, 1.165) is 16.3 Å². The molecule has 0 spiro atoms. The number of fused-ring (bicyclic) bond motifs is 1. The van der Waals surface area contributed by atoms with E-state index in [-0.39, 0.29) is 6.04 Å². The third-order valence-electron chi connectivity index (χ3n) is 2.91. The van der Waals surface area contributed by atoms with Crippen LogP contribution in [0.5, 0.6) is 5.75 Å². The van der Waals surface area contributed by atoms with Gasteiger partial charge in [0.15, 0.2) is 0 Å². The van der Waals surface area contributed by atoms with Crippen LogP contribution < -0.4 is 10.5 Å². The predicted octanol–water partition coefficient (Wildman–Crippen LogP) is 2.23. The summed E-state index contributed by atoms with van der Waals surface area (Å²) in [5.74, 6) is 0.675. The van der Waals surface area contributed by atoms with Gasteiger partial charge in [-0.2, -0.15) is 0 Å². The molecule has 0 bridgehead atoms. The van der Waals surface area contributed by atoms with Crippen LogP contribution >= 0.6 is 0 Å². The average Bonchev–Trinajstić information content (AvgIpc) is 2.36. The fourth-order valence-corrected chi connectivity index (χ4v) is 1.93. The summed E-state index contributed by atoms with van der Waals surface area (Å²) in [5, 5.41) is 12.2. The van der Waals surface area contributed by atoms with Gasteiger partial charge in [-0.1, -0.05) is 24.3 Å². The molecule has 0 heterocycles. The van der Waals surface area contributed by atoms with E-state index >= 15 is 0 Å². The number of benzene rings is 2. The number of aliphatic hydroxyl groups is 1. The lowest BCUT2D eigenvalue weighted by Gasteiger charge is -2.18. The smallest absolute Gasteiger partial charge is 0.125 e. The Balaban J connectivity index is 2.60. The third kappa shape index (κ3) is 2.25. The highest BCUT2D eigenvalue weighted by atomic mass is 16.5. The van der Waals surface area contributed by atoms with Gasteiger partial charge in [0.05, 0.1) is 13.2 Å². The standard InChI is InChI=1S/C14H17NO2/c1-9(15)14(16)12-7-10-5-3-4-6-11(10)8-13(12)17-2/h3-9,14,16H,15H2,1-2H3/t9-,14-/m0/s1. The highest BCUT2D eigenvalue weighted by molar-refractivity contribution is 5.85. The second-order valence-corrected chi connectivity index (χ2v) is 4.25. The van der Waals surface area contributed by atoms with Gasteiger partial charge in [-0.25, -0.2) is 0 Å². The molecule has 0 saturated carbocycles. The molecule has 0 fully saturated rings. The van der Waals surface area contributed by atoms with Crippen molar-refractivity contribution in [3.8, 4) is 5.75 Å². The Bertz CT molecular complexity index is 523. The van der Waals surface area contributed by atoms with Crippen molar-refractivity contribution in [1.29, 1.82) is 0 Å². The first-order chi connectivity index (χ1) is 8.13. The second kappa shape index (κ2) is 4.73. The van der Waals surface area contributed by atoms with Crippen LogP contribution in [0.3, 0.4) is 0 Å². The van der Waals surface area contributed by atoms with Gasteiger partial charge in [0.25, 0.3) is 0 Å². The number of aliphatic hydroxyl groups excluding tert-OH is 1. The first-order valence-corrected chi connectivity index (χ1v) is 5.64. The third-order valence-corrected chi connectivity index (χ3v) is 2.91. The fraction of sp³-hybridized carbons (Fsp3) is 0.286. The van der Waals surface area contributed by atoms with Crippen molar-refractivity contribution >= 4 is 10.8 Å². The molecule has 2 aromatic carbocycles. The van der Waals surface area contributed by atoms with Crippen molar-refractivity contribution in [2.45, 2.75) is 19.1 Å². The molecular formula is C14H17NO2. The van der Waals surface area contributed by atoms with Crippen molar-refractivity contribution < 1.29 is 9.84 Å². The van der Waals surface area contributed by atoms with E-state index in [1.54, 1.807) is 14.0 Å². The molecule has 0 aromatic heterocycles. The number of hydrogen-bond donors (Lipinski definition) is 2. The molecule has 3 heteroatoms. The van der Waals surface area contributed by atoms with E-state index < -0.39 is 6.10 Å². The van der Waals surface area contributed by atoms with Gasteiger partial charge in [-0.05, 0) is 29.8 Å². The molecule has 0 aliphatic rings. The van der Waals surface area contributed by atoms with Crippen LogP contribution in [0.25, 0.3) is 10.8 Å². The summed E-state index contributed by atoms with van der Waals surface area (Å²) in [6, 6.07) is 11.5. The molecule has 0 unspecified atom stereocenters. The van der Waals surface area contributed by atoms with Crippen LogP contribution in [0.4, 0.5) is 0 Å². The number of methoxy groups -OCH3 is 1. The van der Waals surface area contributed by atoms with Crippen molar-refractivity contribution in [1.82, 2.24) is 0 Å². The minimum absolute atomic E-state index is 0.329. The Labute approximate surface area is 101 Å². The monoisotopic (exact) mass is 231 g/mol. The normalized spacial score (nSPS) is 14.6. The molecule has 2 rings (SSSR count). The molecule has 2 aromatic rings. The first-order valence-electron chi connectivity index (χ1n) is 5.64. The molecule has 0 aliphatic carbocycles. The fourth-order valence-electron chi connectivity index (χ4n) is 1.93. The number of ether oxygens (including phenoxy) is 1. The zero-order valence-electron chi connectivity index (χ0n) is 10.1. The lowest BCUT2D eigenvalue weighted by atomic mass is 9.99. The van der Waals surface area contributed by atoms with Crippen LogP contribution in [-0.4, -0.2) is 18.3 Å². The van der Waals surface area contributed by atoms with Crippen LogP contribution in [0.15, 0.2) is 36.4 Å². The Morgan fingerprint density at radius 2 is 1.76 bits per heavy atom. The highest BCUT2D eigenvalue weighted by Gasteiger charge is 2.17. The predicted molar refractivity (Wildman–Crippen MR) is 69.1 cm³/mol.